The summed E-state index contributed by atoms with van der Waals surface area (Å²) in [6, 6.07) is 9.13. The monoisotopic (exact) mass is 308 g/mol. The lowest BCUT2D eigenvalue weighted by Gasteiger charge is -2.07. The molecule has 0 unspecified atom stereocenters. The number of carboxylic acid groups (broad SMARTS) is 1. The molecule has 0 spiro atoms. The Hall–Kier alpha value is -2.21. The number of carbonyl (C=O) groups is 1. The van der Waals surface area contributed by atoms with E-state index in [1.165, 1.54) is 36.4 Å². The average molecular weight is 308 g/mol. The largest absolute Gasteiger partial charge is 0.478 e. The Morgan fingerprint density at radius 1 is 1.14 bits per heavy atom. The number of aromatic carboxylic acids is 1. The third kappa shape index (κ3) is 3.46. The summed E-state index contributed by atoms with van der Waals surface area (Å²) < 4.78 is 37.4. The van der Waals surface area contributed by atoms with E-state index in [0.717, 1.165) is 6.07 Å². The topological polar surface area (TPSA) is 71.4 Å². The van der Waals surface area contributed by atoms with Crippen molar-refractivity contribution in [3.05, 3.63) is 65.0 Å². The van der Waals surface area contributed by atoms with Gasteiger partial charge in [0.2, 0.25) is 0 Å². The summed E-state index contributed by atoms with van der Waals surface area (Å²) in [6.07, 6.45) is 0. The average Bonchev–Trinajstić information content (AvgIpc) is 2.41. The highest BCUT2D eigenvalue weighted by Gasteiger charge is 2.18. The lowest BCUT2D eigenvalue weighted by Crippen LogP contribution is -2.08. The molecule has 21 heavy (non-hydrogen) atoms. The van der Waals surface area contributed by atoms with Crippen molar-refractivity contribution in [2.24, 2.45) is 0 Å². The van der Waals surface area contributed by atoms with Crippen molar-refractivity contribution in [1.82, 2.24) is 0 Å². The van der Waals surface area contributed by atoms with E-state index in [4.69, 9.17) is 5.11 Å². The summed E-state index contributed by atoms with van der Waals surface area (Å²) >= 11 is 0. The van der Waals surface area contributed by atoms with E-state index in [0.29, 0.717) is 11.1 Å². The van der Waals surface area contributed by atoms with Crippen LogP contribution in [0.1, 0.15) is 21.5 Å². The smallest absolute Gasteiger partial charge is 0.335 e. The van der Waals surface area contributed by atoms with Gasteiger partial charge in [-0.3, -0.25) is 0 Å². The number of hydrogen-bond acceptors (Lipinski definition) is 3. The summed E-state index contributed by atoms with van der Waals surface area (Å²) in [5.41, 5.74) is 0.882. The van der Waals surface area contributed by atoms with Gasteiger partial charge in [-0.05, 0) is 42.3 Å². The van der Waals surface area contributed by atoms with Gasteiger partial charge in [0.1, 0.15) is 5.82 Å². The Kier molecular flexibility index (Phi) is 4.09. The molecule has 2 rings (SSSR count). The first kappa shape index (κ1) is 15.2. The van der Waals surface area contributed by atoms with Crippen molar-refractivity contribution >= 4 is 15.8 Å². The molecule has 0 fully saturated rings. The van der Waals surface area contributed by atoms with Gasteiger partial charge in [0, 0.05) is 0 Å². The number of aryl methyl sites for hydroxylation is 1. The molecule has 0 aliphatic rings. The zero-order valence-corrected chi connectivity index (χ0v) is 12.0. The Morgan fingerprint density at radius 2 is 1.76 bits per heavy atom. The fraction of sp³-hybridized carbons (Fsp3) is 0.133. The number of sulfone groups is 1. The van der Waals surface area contributed by atoms with E-state index >= 15 is 0 Å². The summed E-state index contributed by atoms with van der Waals surface area (Å²) in [6.45, 7) is 1.60. The van der Waals surface area contributed by atoms with Gasteiger partial charge in [0.15, 0.2) is 9.84 Å². The molecule has 0 saturated heterocycles. The van der Waals surface area contributed by atoms with Gasteiger partial charge in [-0.15, -0.1) is 0 Å². The first-order valence-electron chi connectivity index (χ1n) is 6.11. The van der Waals surface area contributed by atoms with E-state index in [2.05, 4.69) is 0 Å². The standard InChI is InChI=1S/C15H13FO4S/c1-10-2-7-13(8-14(10)15(17)18)21(19,20)9-11-3-5-12(16)6-4-11/h2-8H,9H2,1H3,(H,17,18). The molecular formula is C15H13FO4S. The number of carboxylic acids is 1. The zero-order valence-electron chi connectivity index (χ0n) is 11.2. The molecule has 110 valence electrons. The van der Waals surface area contributed by atoms with Crippen LogP contribution in [0.25, 0.3) is 0 Å². The molecular weight excluding hydrogens is 295 g/mol. The predicted molar refractivity (Wildman–Crippen MR) is 75.4 cm³/mol. The van der Waals surface area contributed by atoms with Gasteiger partial charge >= 0.3 is 5.97 Å². The number of rotatable bonds is 4. The van der Waals surface area contributed by atoms with Gasteiger partial charge in [-0.1, -0.05) is 18.2 Å². The molecule has 0 saturated carbocycles. The van der Waals surface area contributed by atoms with Crippen LogP contribution in [0.4, 0.5) is 4.39 Å². The molecule has 0 aliphatic carbocycles. The molecule has 6 heteroatoms. The van der Waals surface area contributed by atoms with Crippen molar-refractivity contribution in [3.63, 3.8) is 0 Å². The second kappa shape index (κ2) is 5.65. The zero-order chi connectivity index (χ0) is 15.6. The first-order valence-corrected chi connectivity index (χ1v) is 7.76. The molecule has 4 nitrogen and oxygen atoms in total. The maximum atomic E-state index is 12.8. The number of benzene rings is 2. The van der Waals surface area contributed by atoms with Crippen LogP contribution in [0.2, 0.25) is 0 Å². The fourth-order valence-corrected chi connectivity index (χ4v) is 3.28. The lowest BCUT2D eigenvalue weighted by molar-refractivity contribution is 0.0696. The van der Waals surface area contributed by atoms with Crippen LogP contribution in [0.3, 0.4) is 0 Å². The quantitative estimate of drug-likeness (QED) is 0.942. The normalized spacial score (nSPS) is 11.3. The minimum absolute atomic E-state index is 0.0461. The van der Waals surface area contributed by atoms with Crippen molar-refractivity contribution in [2.45, 2.75) is 17.6 Å². The molecule has 0 aromatic heterocycles. The Morgan fingerprint density at radius 3 is 2.33 bits per heavy atom. The van der Waals surface area contributed by atoms with Gasteiger partial charge in [0.05, 0.1) is 16.2 Å². The molecule has 0 aliphatic heterocycles. The summed E-state index contributed by atoms with van der Waals surface area (Å²) in [7, 11) is -3.68. The second-order valence-electron chi connectivity index (χ2n) is 4.67. The minimum Gasteiger partial charge on any atom is -0.478 e. The number of hydrogen-bond donors (Lipinski definition) is 1. The fourth-order valence-electron chi connectivity index (χ4n) is 1.91. The van der Waals surface area contributed by atoms with Crippen molar-refractivity contribution < 1.29 is 22.7 Å². The molecule has 0 amide bonds. The third-order valence-corrected chi connectivity index (χ3v) is 4.75. The number of halogens is 1. The lowest BCUT2D eigenvalue weighted by atomic mass is 10.1. The summed E-state index contributed by atoms with van der Waals surface area (Å²) in [4.78, 5) is 11.0. The Bertz CT molecular complexity index is 780. The van der Waals surface area contributed by atoms with Gasteiger partial charge in [-0.25, -0.2) is 17.6 Å². The Balaban J connectivity index is 2.38. The highest BCUT2D eigenvalue weighted by atomic mass is 32.2. The summed E-state index contributed by atoms with van der Waals surface area (Å²) in [5.74, 6) is -1.93. The Labute approximate surface area is 121 Å². The molecule has 1 N–H and O–H groups in total. The van der Waals surface area contributed by atoms with Gasteiger partial charge < -0.3 is 5.11 Å². The first-order chi connectivity index (χ1) is 9.79. The van der Waals surface area contributed by atoms with E-state index < -0.39 is 21.6 Å². The van der Waals surface area contributed by atoms with Crippen LogP contribution in [-0.4, -0.2) is 19.5 Å². The minimum atomic E-state index is -3.68. The second-order valence-corrected chi connectivity index (χ2v) is 6.66. The maximum Gasteiger partial charge on any atom is 0.335 e. The van der Waals surface area contributed by atoms with Crippen molar-refractivity contribution in [2.75, 3.05) is 0 Å². The predicted octanol–water partition coefficient (Wildman–Crippen LogP) is 2.81. The molecule has 0 heterocycles. The van der Waals surface area contributed by atoms with E-state index in [-0.39, 0.29) is 16.2 Å². The van der Waals surface area contributed by atoms with E-state index in [1.807, 2.05) is 0 Å². The van der Waals surface area contributed by atoms with Gasteiger partial charge in [0.25, 0.3) is 0 Å². The molecule has 0 radical (unpaired) electrons. The highest BCUT2D eigenvalue weighted by molar-refractivity contribution is 7.90. The molecule has 0 atom stereocenters. The molecule has 0 bridgehead atoms. The van der Waals surface area contributed by atoms with Crippen LogP contribution in [-0.2, 0) is 15.6 Å². The van der Waals surface area contributed by atoms with Crippen LogP contribution < -0.4 is 0 Å². The molecule has 2 aromatic carbocycles. The van der Waals surface area contributed by atoms with Crippen LogP contribution in [0.15, 0.2) is 47.4 Å². The molecule has 2 aromatic rings. The summed E-state index contributed by atoms with van der Waals surface area (Å²) in [5, 5.41) is 9.04. The van der Waals surface area contributed by atoms with Crippen LogP contribution in [0.5, 0.6) is 0 Å². The van der Waals surface area contributed by atoms with Crippen molar-refractivity contribution in [1.29, 1.82) is 0 Å². The SMILES string of the molecule is Cc1ccc(S(=O)(=O)Cc2ccc(F)cc2)cc1C(=O)O. The van der Waals surface area contributed by atoms with Crippen LogP contribution in [0, 0.1) is 12.7 Å². The highest BCUT2D eigenvalue weighted by Crippen LogP contribution is 2.20. The van der Waals surface area contributed by atoms with Gasteiger partial charge in [-0.2, -0.15) is 0 Å². The van der Waals surface area contributed by atoms with E-state index in [9.17, 15) is 17.6 Å². The van der Waals surface area contributed by atoms with Crippen molar-refractivity contribution in [3.8, 4) is 0 Å². The third-order valence-electron chi connectivity index (χ3n) is 3.07. The van der Waals surface area contributed by atoms with E-state index in [1.54, 1.807) is 6.92 Å². The van der Waals surface area contributed by atoms with Crippen LogP contribution >= 0.6 is 0 Å². The maximum absolute atomic E-state index is 12.8.